The molecule has 3 aliphatic heterocycles. The lowest BCUT2D eigenvalue weighted by atomic mass is 9.70. The standard InChI is InChI=1S/C18H20O6.C6H10O/c19-16(20)11-5-1-4-10(15(11)17(21)22)12-6-2-7-14-18(12,24-14)13-8-3-9-23-13;1-2-4-6-5(3-1)7-6/h1,4-5,12-14H,2-3,6-9H2,(H,19,20)(H,21,22);5-6H,1-4H2. The third-order valence-electron chi connectivity index (χ3n) is 7.56. The fourth-order valence-corrected chi connectivity index (χ4v) is 6.03. The zero-order valence-corrected chi connectivity index (χ0v) is 17.6. The first-order chi connectivity index (χ1) is 15.0. The molecule has 2 aliphatic carbocycles. The molecule has 3 heterocycles. The fraction of sp³-hybridized carbons (Fsp3) is 0.667. The summed E-state index contributed by atoms with van der Waals surface area (Å²) in [6.45, 7) is 0.705. The highest BCUT2D eigenvalue weighted by molar-refractivity contribution is 6.03. The molecule has 5 fully saturated rings. The number of fused-ring (bicyclic) bond motifs is 2. The van der Waals surface area contributed by atoms with Crippen molar-refractivity contribution in [1.82, 2.24) is 0 Å². The Morgan fingerprint density at radius 2 is 1.61 bits per heavy atom. The van der Waals surface area contributed by atoms with Crippen LogP contribution in [0.1, 0.15) is 90.0 Å². The predicted molar refractivity (Wildman–Crippen MR) is 111 cm³/mol. The fourth-order valence-electron chi connectivity index (χ4n) is 6.03. The van der Waals surface area contributed by atoms with Crippen LogP contribution in [0.4, 0.5) is 0 Å². The van der Waals surface area contributed by atoms with Gasteiger partial charge < -0.3 is 24.4 Å². The van der Waals surface area contributed by atoms with Crippen LogP contribution in [0, 0.1) is 0 Å². The van der Waals surface area contributed by atoms with Crippen LogP contribution in [0.5, 0.6) is 0 Å². The summed E-state index contributed by atoms with van der Waals surface area (Å²) in [5.74, 6) is -2.55. The highest BCUT2D eigenvalue weighted by Crippen LogP contribution is 2.60. The first-order valence-corrected chi connectivity index (χ1v) is 11.6. The van der Waals surface area contributed by atoms with E-state index in [1.807, 2.05) is 0 Å². The van der Waals surface area contributed by atoms with Crippen LogP contribution in [-0.2, 0) is 14.2 Å². The number of carbonyl (C=O) groups is 2. The van der Waals surface area contributed by atoms with Crippen molar-refractivity contribution in [3.05, 3.63) is 34.9 Å². The van der Waals surface area contributed by atoms with Crippen LogP contribution in [0.25, 0.3) is 0 Å². The molecule has 2 N–H and O–H groups in total. The summed E-state index contributed by atoms with van der Waals surface area (Å²) in [7, 11) is 0. The van der Waals surface area contributed by atoms with Gasteiger partial charge in [0.1, 0.15) is 5.60 Å². The van der Waals surface area contributed by atoms with Gasteiger partial charge in [0.2, 0.25) is 0 Å². The molecule has 6 unspecified atom stereocenters. The maximum atomic E-state index is 11.8. The van der Waals surface area contributed by atoms with Crippen LogP contribution < -0.4 is 0 Å². The molecular weight excluding hydrogens is 400 g/mol. The first kappa shape index (κ1) is 20.9. The normalized spacial score (nSPS) is 37.6. The maximum Gasteiger partial charge on any atom is 0.336 e. The van der Waals surface area contributed by atoms with Crippen molar-refractivity contribution >= 4 is 11.9 Å². The van der Waals surface area contributed by atoms with Gasteiger partial charge in [-0.25, -0.2) is 9.59 Å². The van der Waals surface area contributed by atoms with E-state index < -0.39 is 17.5 Å². The Kier molecular flexibility index (Phi) is 5.52. The minimum absolute atomic E-state index is 0.0251. The Bertz CT molecular complexity index is 851. The molecule has 7 nitrogen and oxygen atoms in total. The molecular formula is C24H30O7. The summed E-state index contributed by atoms with van der Waals surface area (Å²) < 4.78 is 17.2. The largest absolute Gasteiger partial charge is 0.478 e. The molecule has 0 aromatic heterocycles. The molecule has 6 rings (SSSR count). The Labute approximate surface area is 181 Å². The number of hydrogen-bond acceptors (Lipinski definition) is 5. The Hall–Kier alpha value is -1.96. The number of carboxylic acid groups (broad SMARTS) is 2. The number of ether oxygens (including phenoxy) is 3. The smallest absolute Gasteiger partial charge is 0.336 e. The molecule has 0 radical (unpaired) electrons. The average molecular weight is 430 g/mol. The topological polar surface area (TPSA) is 109 Å². The zero-order chi connectivity index (χ0) is 21.6. The summed E-state index contributed by atoms with van der Waals surface area (Å²) in [4.78, 5) is 23.3. The molecule has 7 heteroatoms. The van der Waals surface area contributed by atoms with Crippen LogP contribution in [0.15, 0.2) is 18.2 Å². The lowest BCUT2D eigenvalue weighted by Gasteiger charge is -2.33. The van der Waals surface area contributed by atoms with Crippen molar-refractivity contribution in [2.75, 3.05) is 6.61 Å². The summed E-state index contributed by atoms with van der Waals surface area (Å²) in [5.41, 5.74) is -0.176. The number of aromatic carboxylic acids is 2. The van der Waals surface area contributed by atoms with Crippen molar-refractivity contribution in [2.24, 2.45) is 0 Å². The Balaban J connectivity index is 0.000000244. The molecule has 0 amide bonds. The van der Waals surface area contributed by atoms with Crippen molar-refractivity contribution in [3.63, 3.8) is 0 Å². The number of rotatable bonds is 4. The van der Waals surface area contributed by atoms with E-state index in [0.29, 0.717) is 24.4 Å². The van der Waals surface area contributed by atoms with Gasteiger partial charge in [-0.1, -0.05) is 31.4 Å². The van der Waals surface area contributed by atoms with Crippen LogP contribution >= 0.6 is 0 Å². The Morgan fingerprint density at radius 3 is 2.23 bits per heavy atom. The monoisotopic (exact) mass is 430 g/mol. The van der Waals surface area contributed by atoms with Crippen molar-refractivity contribution in [2.45, 2.75) is 93.7 Å². The van der Waals surface area contributed by atoms with Gasteiger partial charge in [0.15, 0.2) is 0 Å². The van der Waals surface area contributed by atoms with E-state index in [-0.39, 0.29) is 29.3 Å². The number of benzene rings is 1. The molecule has 5 aliphatic rings. The lowest BCUT2D eigenvalue weighted by molar-refractivity contribution is 0.0251. The third-order valence-corrected chi connectivity index (χ3v) is 7.56. The molecule has 0 bridgehead atoms. The van der Waals surface area contributed by atoms with Crippen molar-refractivity contribution in [3.8, 4) is 0 Å². The minimum Gasteiger partial charge on any atom is -0.478 e. The van der Waals surface area contributed by atoms with Gasteiger partial charge in [-0.2, -0.15) is 0 Å². The zero-order valence-electron chi connectivity index (χ0n) is 17.6. The second-order valence-corrected chi connectivity index (χ2v) is 9.32. The minimum atomic E-state index is -1.22. The highest BCUT2D eigenvalue weighted by atomic mass is 16.6. The summed E-state index contributed by atoms with van der Waals surface area (Å²) in [5, 5.41) is 19.0. The molecule has 0 spiro atoms. The van der Waals surface area contributed by atoms with Gasteiger partial charge in [0.25, 0.3) is 0 Å². The quantitative estimate of drug-likeness (QED) is 0.695. The number of hydrogen-bond donors (Lipinski definition) is 2. The summed E-state index contributed by atoms with van der Waals surface area (Å²) in [6, 6.07) is 4.71. The number of carboxylic acids is 2. The second kappa shape index (κ2) is 8.19. The van der Waals surface area contributed by atoms with E-state index >= 15 is 0 Å². The van der Waals surface area contributed by atoms with Gasteiger partial charge in [0, 0.05) is 12.5 Å². The molecule has 1 aromatic carbocycles. The Morgan fingerprint density at radius 1 is 0.871 bits per heavy atom. The van der Waals surface area contributed by atoms with Gasteiger partial charge in [0.05, 0.1) is 35.5 Å². The van der Waals surface area contributed by atoms with Crippen LogP contribution in [0.2, 0.25) is 0 Å². The van der Waals surface area contributed by atoms with Crippen LogP contribution in [-0.4, -0.2) is 58.8 Å². The van der Waals surface area contributed by atoms with E-state index in [1.54, 1.807) is 12.1 Å². The SMILES string of the molecule is C1CCC2OC2C1.O=C(O)c1cccc(C2CCCC3OC32C2CCCO2)c1C(=O)O. The second-order valence-electron chi connectivity index (χ2n) is 9.32. The van der Waals surface area contributed by atoms with Crippen LogP contribution in [0.3, 0.4) is 0 Å². The lowest BCUT2D eigenvalue weighted by Crippen LogP contribution is -2.41. The predicted octanol–water partition coefficient (Wildman–Crippen LogP) is 3.99. The van der Waals surface area contributed by atoms with Gasteiger partial charge in [-0.3, -0.25) is 0 Å². The van der Waals surface area contributed by atoms with E-state index in [0.717, 1.165) is 32.1 Å². The number of epoxide rings is 2. The van der Waals surface area contributed by atoms with E-state index in [4.69, 9.17) is 14.2 Å². The van der Waals surface area contributed by atoms with E-state index in [1.165, 1.54) is 31.7 Å². The van der Waals surface area contributed by atoms with Gasteiger partial charge >= 0.3 is 11.9 Å². The molecule has 6 atom stereocenters. The third kappa shape index (κ3) is 3.77. The van der Waals surface area contributed by atoms with Crippen molar-refractivity contribution in [1.29, 1.82) is 0 Å². The summed E-state index contributed by atoms with van der Waals surface area (Å²) in [6.07, 6.45) is 11.5. The average Bonchev–Trinajstić information content (AvgIpc) is 3.66. The molecule has 168 valence electrons. The van der Waals surface area contributed by atoms with Gasteiger partial charge in [-0.05, 0) is 50.2 Å². The van der Waals surface area contributed by atoms with E-state index in [2.05, 4.69) is 0 Å². The maximum absolute atomic E-state index is 11.8. The first-order valence-electron chi connectivity index (χ1n) is 11.6. The van der Waals surface area contributed by atoms with E-state index in [9.17, 15) is 19.8 Å². The highest BCUT2D eigenvalue weighted by Gasteiger charge is 2.68. The van der Waals surface area contributed by atoms with Crippen molar-refractivity contribution < 1.29 is 34.0 Å². The molecule has 31 heavy (non-hydrogen) atoms. The summed E-state index contributed by atoms with van der Waals surface area (Å²) >= 11 is 0. The molecule has 2 saturated carbocycles. The van der Waals surface area contributed by atoms with Gasteiger partial charge in [-0.15, -0.1) is 0 Å². The molecule has 1 aromatic rings. The molecule has 3 saturated heterocycles.